The molecule has 0 bridgehead atoms. The predicted octanol–water partition coefficient (Wildman–Crippen LogP) is 3.63. The van der Waals surface area contributed by atoms with Crippen molar-refractivity contribution in [3.8, 4) is 0 Å². The number of carbonyl (C=O) groups is 2. The lowest BCUT2D eigenvalue weighted by Gasteiger charge is -2.51. The van der Waals surface area contributed by atoms with E-state index in [0.717, 1.165) is 32.1 Å². The van der Waals surface area contributed by atoms with Crippen LogP contribution in [0.5, 0.6) is 0 Å². The van der Waals surface area contributed by atoms with Crippen LogP contribution in [0.15, 0.2) is 0 Å². The van der Waals surface area contributed by atoms with Crippen LogP contribution < -0.4 is 0 Å². The van der Waals surface area contributed by atoms with Crippen molar-refractivity contribution in [2.24, 2.45) is 35.0 Å². The van der Waals surface area contributed by atoms with Gasteiger partial charge >= 0.3 is 0 Å². The maximum absolute atomic E-state index is 11.9. The van der Waals surface area contributed by atoms with E-state index >= 15 is 0 Å². The molecule has 0 amide bonds. The molecular formula is C17H26O2. The van der Waals surface area contributed by atoms with Gasteiger partial charge in [-0.1, -0.05) is 13.8 Å². The zero-order valence-electron chi connectivity index (χ0n) is 12.4. The molecule has 0 aromatic heterocycles. The number of hydrogen-bond donors (Lipinski definition) is 0. The first-order valence-corrected chi connectivity index (χ1v) is 7.98. The van der Waals surface area contributed by atoms with E-state index in [1.54, 1.807) is 6.92 Å². The minimum atomic E-state index is 0.229. The number of carbonyl (C=O) groups excluding carboxylic acids is 2. The van der Waals surface area contributed by atoms with Gasteiger partial charge in [0, 0.05) is 18.3 Å². The zero-order chi connectivity index (χ0) is 13.8. The molecule has 3 saturated carbocycles. The molecule has 106 valence electrons. The Labute approximate surface area is 116 Å². The van der Waals surface area contributed by atoms with Crippen molar-refractivity contribution in [1.82, 2.24) is 0 Å². The Balaban J connectivity index is 1.88. The van der Waals surface area contributed by atoms with Gasteiger partial charge in [-0.15, -0.1) is 0 Å². The van der Waals surface area contributed by atoms with Crippen LogP contribution in [0.25, 0.3) is 0 Å². The Hall–Kier alpha value is -0.660. The minimum Gasteiger partial charge on any atom is -0.300 e. The Kier molecular flexibility index (Phi) is 3.11. The van der Waals surface area contributed by atoms with Crippen molar-refractivity contribution in [2.75, 3.05) is 0 Å². The molecule has 3 aliphatic carbocycles. The summed E-state index contributed by atoms with van der Waals surface area (Å²) in [5, 5.41) is 0. The minimum absolute atomic E-state index is 0.229. The summed E-state index contributed by atoms with van der Waals surface area (Å²) in [5.74, 6) is 3.41. The van der Waals surface area contributed by atoms with E-state index in [1.807, 2.05) is 0 Å². The topological polar surface area (TPSA) is 34.1 Å². The Morgan fingerprint density at radius 3 is 2.58 bits per heavy atom. The quantitative estimate of drug-likeness (QED) is 0.723. The summed E-state index contributed by atoms with van der Waals surface area (Å²) in [6.07, 6.45) is 6.47. The number of ketones is 2. The number of rotatable bonds is 1. The lowest BCUT2D eigenvalue weighted by atomic mass is 9.53. The van der Waals surface area contributed by atoms with Crippen LogP contribution in [0.2, 0.25) is 0 Å². The van der Waals surface area contributed by atoms with Crippen LogP contribution >= 0.6 is 0 Å². The van der Waals surface area contributed by atoms with Crippen molar-refractivity contribution in [2.45, 2.75) is 59.3 Å². The summed E-state index contributed by atoms with van der Waals surface area (Å²) in [5.41, 5.74) is 0.229. The van der Waals surface area contributed by atoms with Gasteiger partial charge in [-0.25, -0.2) is 0 Å². The molecule has 0 aromatic rings. The predicted molar refractivity (Wildman–Crippen MR) is 74.6 cm³/mol. The zero-order valence-corrected chi connectivity index (χ0v) is 12.4. The molecule has 2 heteroatoms. The fraction of sp³-hybridized carbons (Fsp3) is 0.882. The lowest BCUT2D eigenvalue weighted by molar-refractivity contribution is -0.135. The molecule has 0 unspecified atom stereocenters. The molecule has 0 spiro atoms. The fourth-order valence-electron chi connectivity index (χ4n) is 5.80. The van der Waals surface area contributed by atoms with Gasteiger partial charge < -0.3 is 0 Å². The molecule has 0 saturated heterocycles. The summed E-state index contributed by atoms with van der Waals surface area (Å²) in [6, 6.07) is 0. The van der Waals surface area contributed by atoms with E-state index in [9.17, 15) is 9.59 Å². The molecular weight excluding hydrogens is 236 g/mol. The Morgan fingerprint density at radius 1 is 1.16 bits per heavy atom. The van der Waals surface area contributed by atoms with Gasteiger partial charge in [0.05, 0.1) is 0 Å². The summed E-state index contributed by atoms with van der Waals surface area (Å²) in [7, 11) is 0. The van der Waals surface area contributed by atoms with Crippen LogP contribution in [0.3, 0.4) is 0 Å². The normalized spacial score (nSPS) is 49.6. The summed E-state index contributed by atoms with van der Waals surface area (Å²) in [4.78, 5) is 23.9. The molecule has 3 fully saturated rings. The highest BCUT2D eigenvalue weighted by Crippen LogP contribution is 2.62. The van der Waals surface area contributed by atoms with Gasteiger partial charge in [-0.3, -0.25) is 9.59 Å². The van der Waals surface area contributed by atoms with Crippen LogP contribution in [0.1, 0.15) is 59.3 Å². The molecule has 3 rings (SSSR count). The molecule has 6 atom stereocenters. The maximum Gasteiger partial charge on any atom is 0.135 e. The first-order valence-electron chi connectivity index (χ1n) is 7.98. The van der Waals surface area contributed by atoms with Crippen LogP contribution in [0, 0.1) is 35.0 Å². The van der Waals surface area contributed by atoms with E-state index in [1.165, 1.54) is 6.42 Å². The highest BCUT2D eigenvalue weighted by atomic mass is 16.1. The molecule has 0 radical (unpaired) electrons. The second-order valence-electron chi connectivity index (χ2n) is 7.51. The maximum atomic E-state index is 11.9. The van der Waals surface area contributed by atoms with Gasteiger partial charge in [-0.05, 0) is 62.2 Å². The average Bonchev–Trinajstić information content (AvgIpc) is 2.71. The van der Waals surface area contributed by atoms with Crippen LogP contribution in [0.4, 0.5) is 0 Å². The van der Waals surface area contributed by atoms with Crippen LogP contribution in [-0.4, -0.2) is 11.6 Å². The smallest absolute Gasteiger partial charge is 0.135 e. The second-order valence-corrected chi connectivity index (χ2v) is 7.51. The van der Waals surface area contributed by atoms with Gasteiger partial charge in [0.2, 0.25) is 0 Å². The fourth-order valence-corrected chi connectivity index (χ4v) is 5.80. The van der Waals surface area contributed by atoms with Crippen molar-refractivity contribution in [1.29, 1.82) is 0 Å². The van der Waals surface area contributed by atoms with E-state index < -0.39 is 0 Å². The second kappa shape index (κ2) is 4.43. The Morgan fingerprint density at radius 2 is 1.89 bits per heavy atom. The standard InChI is InChI=1S/C17H26O2/c1-10-12-8-9-17(3)14(11(2)18)5-6-15(17)13(12)4-7-16(10)19/h10,12-15H,4-9H2,1-3H3/t10-,12+,13+,14+,15+,17-/m0/s1. The monoisotopic (exact) mass is 262 g/mol. The SMILES string of the molecule is CC(=O)[C@H]1CC[C@@H]2[C@@H]3CCC(=O)[C@@H](C)[C@H]3CC[C@@]12C. The van der Waals surface area contributed by atoms with Crippen LogP contribution in [-0.2, 0) is 9.59 Å². The van der Waals surface area contributed by atoms with Crippen molar-refractivity contribution in [3.63, 3.8) is 0 Å². The molecule has 0 aromatic carbocycles. The average molecular weight is 262 g/mol. The van der Waals surface area contributed by atoms with Crippen molar-refractivity contribution in [3.05, 3.63) is 0 Å². The largest absolute Gasteiger partial charge is 0.300 e. The van der Waals surface area contributed by atoms with E-state index in [0.29, 0.717) is 29.3 Å². The number of Topliss-reactive ketones (excluding diaryl/α,β-unsaturated/α-hetero) is 2. The summed E-state index contributed by atoms with van der Waals surface area (Å²) >= 11 is 0. The first kappa shape index (κ1) is 13.3. The molecule has 0 heterocycles. The van der Waals surface area contributed by atoms with Crippen molar-refractivity contribution < 1.29 is 9.59 Å². The van der Waals surface area contributed by atoms with E-state index in [4.69, 9.17) is 0 Å². The highest BCUT2D eigenvalue weighted by Gasteiger charge is 2.56. The highest BCUT2D eigenvalue weighted by molar-refractivity contribution is 5.82. The lowest BCUT2D eigenvalue weighted by Crippen LogP contribution is -2.47. The molecule has 2 nitrogen and oxygen atoms in total. The summed E-state index contributed by atoms with van der Waals surface area (Å²) < 4.78 is 0. The first-order chi connectivity index (χ1) is 8.95. The van der Waals surface area contributed by atoms with Gasteiger partial charge in [-0.2, -0.15) is 0 Å². The molecule has 0 N–H and O–H groups in total. The number of hydrogen-bond acceptors (Lipinski definition) is 2. The van der Waals surface area contributed by atoms with E-state index in [2.05, 4.69) is 13.8 Å². The molecule has 19 heavy (non-hydrogen) atoms. The molecule has 3 aliphatic rings. The number of fused-ring (bicyclic) bond motifs is 3. The van der Waals surface area contributed by atoms with Gasteiger partial charge in [0.25, 0.3) is 0 Å². The Bertz CT molecular complexity index is 413. The summed E-state index contributed by atoms with van der Waals surface area (Å²) in [6.45, 7) is 6.27. The van der Waals surface area contributed by atoms with E-state index in [-0.39, 0.29) is 17.3 Å². The third-order valence-corrected chi connectivity index (χ3v) is 6.86. The van der Waals surface area contributed by atoms with Crippen molar-refractivity contribution >= 4 is 11.6 Å². The third kappa shape index (κ3) is 1.82. The molecule has 0 aliphatic heterocycles. The van der Waals surface area contributed by atoms with Gasteiger partial charge in [0.1, 0.15) is 11.6 Å². The van der Waals surface area contributed by atoms with Gasteiger partial charge in [0.15, 0.2) is 0 Å². The third-order valence-electron chi connectivity index (χ3n) is 6.86.